The summed E-state index contributed by atoms with van der Waals surface area (Å²) in [5, 5.41) is 46.0. The molecule has 5 N–H and O–H groups in total. The minimum atomic E-state index is -1.55. The Hall–Kier alpha value is -2.30. The summed E-state index contributed by atoms with van der Waals surface area (Å²) in [6.45, 7) is 0.316. The molecule has 1 saturated heterocycles. The third kappa shape index (κ3) is 4.62. The van der Waals surface area contributed by atoms with E-state index < -0.39 is 30.5 Å². The smallest absolute Gasteiger partial charge is 0.451 e. The lowest BCUT2D eigenvalue weighted by Crippen LogP contribution is -2.56. The molecule has 0 aliphatic carbocycles. The predicted octanol–water partition coefficient (Wildman–Crippen LogP) is -0.922. The largest absolute Gasteiger partial charge is 0.507 e. The molecule has 1 aromatic rings. The molecule has 9 nitrogen and oxygen atoms in total. The number of aliphatic hydroxyl groups excluding tert-OH is 1. The van der Waals surface area contributed by atoms with Crippen molar-refractivity contribution in [2.24, 2.45) is 0 Å². The van der Waals surface area contributed by atoms with E-state index in [0.717, 1.165) is 0 Å². The van der Waals surface area contributed by atoms with Crippen molar-refractivity contribution in [2.45, 2.75) is 25.3 Å². The zero-order valence-electron chi connectivity index (χ0n) is 13.5. The molecular weight excluding hydrogens is 333 g/mol. The lowest BCUT2D eigenvalue weighted by atomic mass is 9.82. The first-order chi connectivity index (χ1) is 11.8. The molecule has 1 fully saturated rings. The van der Waals surface area contributed by atoms with Crippen LogP contribution in [0.25, 0.3) is 0 Å². The van der Waals surface area contributed by atoms with Gasteiger partial charge >= 0.3 is 13.1 Å². The van der Waals surface area contributed by atoms with Gasteiger partial charge in [0.25, 0.3) is 0 Å². The molecule has 1 aliphatic heterocycles. The highest BCUT2D eigenvalue weighted by atomic mass is 16.5. The van der Waals surface area contributed by atoms with E-state index in [-0.39, 0.29) is 56.1 Å². The quantitative estimate of drug-likeness (QED) is 0.377. The average Bonchev–Trinajstić information content (AvgIpc) is 2.49. The molecule has 0 unspecified atom stereocenters. The van der Waals surface area contributed by atoms with E-state index in [1.807, 2.05) is 0 Å². The topological polar surface area (TPSA) is 148 Å². The number of aromatic carboxylic acids is 1. The Morgan fingerprint density at radius 2 is 1.96 bits per heavy atom. The molecule has 0 atom stereocenters. The summed E-state index contributed by atoms with van der Waals surface area (Å²) in [6.07, 6.45) is -0.321. The monoisotopic (exact) mass is 353 g/mol. The fourth-order valence-electron chi connectivity index (χ4n) is 2.56. The molecule has 0 bridgehead atoms. The van der Waals surface area contributed by atoms with Crippen LogP contribution in [-0.2, 0) is 11.2 Å². The number of likely N-dealkylation sites (tertiary alicyclic amines) is 1. The predicted molar refractivity (Wildman–Crippen MR) is 86.5 cm³/mol. The van der Waals surface area contributed by atoms with E-state index in [4.69, 9.17) is 19.9 Å². The maximum Gasteiger partial charge on any atom is 0.451 e. The number of aliphatic hydroxyl groups is 1. The van der Waals surface area contributed by atoms with Crippen molar-refractivity contribution in [3.8, 4) is 11.5 Å². The van der Waals surface area contributed by atoms with Crippen LogP contribution in [0.4, 0.5) is 0 Å². The molecule has 0 saturated carbocycles. The van der Waals surface area contributed by atoms with Crippen LogP contribution in [0.2, 0.25) is 6.32 Å². The van der Waals surface area contributed by atoms with Crippen LogP contribution in [0.3, 0.4) is 0 Å². The van der Waals surface area contributed by atoms with Gasteiger partial charge < -0.3 is 35.0 Å². The highest BCUT2D eigenvalue weighted by molar-refractivity contribution is 6.41. The van der Waals surface area contributed by atoms with Gasteiger partial charge in [0.2, 0.25) is 5.91 Å². The van der Waals surface area contributed by atoms with Crippen molar-refractivity contribution >= 4 is 19.0 Å². The third-order valence-corrected chi connectivity index (χ3v) is 3.93. The Morgan fingerprint density at radius 1 is 1.28 bits per heavy atom. The number of nitrogens with zero attached hydrogens (tertiary/aromatic N) is 1. The van der Waals surface area contributed by atoms with Gasteiger partial charge in [-0.25, -0.2) is 4.79 Å². The second-order valence-corrected chi connectivity index (χ2v) is 5.78. The van der Waals surface area contributed by atoms with Crippen molar-refractivity contribution in [3.05, 3.63) is 23.3 Å². The summed E-state index contributed by atoms with van der Waals surface area (Å²) < 4.78 is 5.57. The van der Waals surface area contributed by atoms with Crippen LogP contribution in [0.15, 0.2) is 12.1 Å². The molecule has 1 amide bonds. The number of rotatable bonds is 8. The Balaban J connectivity index is 2.07. The second-order valence-electron chi connectivity index (χ2n) is 5.78. The van der Waals surface area contributed by atoms with E-state index >= 15 is 0 Å². The normalized spacial score (nSPS) is 14.1. The molecule has 1 aliphatic rings. The van der Waals surface area contributed by atoms with Gasteiger partial charge in [0, 0.05) is 6.42 Å². The molecule has 2 rings (SSSR count). The van der Waals surface area contributed by atoms with Gasteiger partial charge in [-0.1, -0.05) is 6.07 Å². The number of carboxylic acids is 1. The summed E-state index contributed by atoms with van der Waals surface area (Å²) in [7, 11) is -1.55. The fourth-order valence-corrected chi connectivity index (χ4v) is 2.56. The highest BCUT2D eigenvalue weighted by Gasteiger charge is 2.33. The Kier molecular flexibility index (Phi) is 6.24. The summed E-state index contributed by atoms with van der Waals surface area (Å²) in [5.74, 6) is -2.07. The van der Waals surface area contributed by atoms with Crippen molar-refractivity contribution in [2.75, 3.05) is 19.7 Å². The minimum Gasteiger partial charge on any atom is -0.507 e. The Morgan fingerprint density at radius 3 is 2.52 bits per heavy atom. The van der Waals surface area contributed by atoms with E-state index in [2.05, 4.69) is 0 Å². The van der Waals surface area contributed by atoms with Crippen LogP contribution in [0.5, 0.6) is 11.5 Å². The lowest BCUT2D eigenvalue weighted by molar-refractivity contribution is -0.140. The van der Waals surface area contributed by atoms with Crippen molar-refractivity contribution < 1.29 is 39.7 Å². The average molecular weight is 353 g/mol. The van der Waals surface area contributed by atoms with E-state index in [1.54, 1.807) is 0 Å². The number of phenols is 1. The van der Waals surface area contributed by atoms with Gasteiger partial charge in [0.15, 0.2) is 0 Å². The third-order valence-electron chi connectivity index (χ3n) is 3.93. The standard InChI is InChI=1S/C15H20BNO8/c18-6-4-12(19)17-7-10(8-17)25-11-2-1-9(3-5-16(23)24)14(20)13(11)15(21)22/h1-2,10,18,20,23-24H,3-8H2,(H,21,22). The number of hydrogen-bond acceptors (Lipinski definition) is 7. The maximum atomic E-state index is 11.6. The van der Waals surface area contributed by atoms with Gasteiger partial charge in [0.1, 0.15) is 23.2 Å². The zero-order valence-corrected chi connectivity index (χ0v) is 13.5. The number of amides is 1. The Labute approximate surface area is 144 Å². The number of carbonyl (C=O) groups excluding carboxylic acids is 1. The lowest BCUT2D eigenvalue weighted by Gasteiger charge is -2.39. The van der Waals surface area contributed by atoms with Crippen molar-refractivity contribution in [3.63, 3.8) is 0 Å². The molecule has 10 heteroatoms. The van der Waals surface area contributed by atoms with Gasteiger partial charge in [-0.2, -0.15) is 0 Å². The zero-order chi connectivity index (χ0) is 18.6. The minimum absolute atomic E-state index is 0.0162. The van der Waals surface area contributed by atoms with Crippen LogP contribution in [-0.4, -0.2) is 75.1 Å². The van der Waals surface area contributed by atoms with Crippen molar-refractivity contribution in [1.29, 1.82) is 0 Å². The molecule has 0 aromatic heterocycles. The number of carboxylic acid groups (broad SMARTS) is 1. The fraction of sp³-hybridized carbons (Fsp3) is 0.467. The number of aryl methyl sites for hydroxylation is 1. The number of benzene rings is 1. The van der Waals surface area contributed by atoms with Crippen LogP contribution in [0.1, 0.15) is 22.3 Å². The first-order valence-electron chi connectivity index (χ1n) is 7.83. The summed E-state index contributed by atoms with van der Waals surface area (Å²) in [5.41, 5.74) is -0.128. The van der Waals surface area contributed by atoms with Crippen LogP contribution < -0.4 is 4.74 Å². The molecule has 1 heterocycles. The summed E-state index contributed by atoms with van der Waals surface area (Å²) in [6, 6.07) is 2.87. The van der Waals surface area contributed by atoms with Gasteiger partial charge in [-0.15, -0.1) is 0 Å². The van der Waals surface area contributed by atoms with Gasteiger partial charge in [-0.05, 0) is 24.4 Å². The Bertz CT molecular complexity index is 645. The van der Waals surface area contributed by atoms with Gasteiger partial charge in [0.05, 0.1) is 19.7 Å². The first kappa shape index (κ1) is 19.0. The molecular formula is C15H20BNO8. The summed E-state index contributed by atoms with van der Waals surface area (Å²) in [4.78, 5) is 24.5. The molecule has 25 heavy (non-hydrogen) atoms. The molecule has 1 aromatic carbocycles. The van der Waals surface area contributed by atoms with Gasteiger partial charge in [-0.3, -0.25) is 4.79 Å². The SMILES string of the molecule is O=C(O)c1c(OC2CN(C(=O)CCO)C2)ccc(CCB(O)O)c1O. The number of carbonyl (C=O) groups is 2. The molecule has 0 radical (unpaired) electrons. The van der Waals surface area contributed by atoms with Crippen LogP contribution >= 0.6 is 0 Å². The number of ether oxygens (including phenoxy) is 1. The second kappa shape index (κ2) is 8.19. The van der Waals surface area contributed by atoms with Crippen LogP contribution in [0, 0.1) is 0 Å². The van der Waals surface area contributed by atoms with Crippen molar-refractivity contribution in [1.82, 2.24) is 4.90 Å². The number of aromatic hydroxyl groups is 1. The van der Waals surface area contributed by atoms with E-state index in [9.17, 15) is 19.8 Å². The maximum absolute atomic E-state index is 11.6. The first-order valence-corrected chi connectivity index (χ1v) is 7.83. The number of hydrogen-bond donors (Lipinski definition) is 5. The molecule has 0 spiro atoms. The highest BCUT2D eigenvalue weighted by Crippen LogP contribution is 2.33. The summed E-state index contributed by atoms with van der Waals surface area (Å²) >= 11 is 0. The molecule has 136 valence electrons. The van der Waals surface area contributed by atoms with E-state index in [1.165, 1.54) is 17.0 Å². The van der Waals surface area contributed by atoms with E-state index in [0.29, 0.717) is 0 Å².